The predicted molar refractivity (Wildman–Crippen MR) is 171 cm³/mol. The maximum Gasteiger partial charge on any atom is 0.472 e. The molecule has 0 aliphatic carbocycles. The number of H-pyrrole nitrogens is 1. The van der Waals surface area contributed by atoms with Crippen molar-refractivity contribution >= 4 is 13.9 Å². The number of aromatic amines is 1. The molecule has 13 nitrogen and oxygen atoms in total. The number of aromatic nitrogens is 2. The van der Waals surface area contributed by atoms with Gasteiger partial charge in [0.15, 0.2) is 12.3 Å². The molecule has 1 aromatic heterocycles. The lowest BCUT2D eigenvalue weighted by Gasteiger charge is -2.21. The van der Waals surface area contributed by atoms with Crippen molar-refractivity contribution in [2.75, 3.05) is 33.5 Å². The third-order valence-electron chi connectivity index (χ3n) is 7.47. The van der Waals surface area contributed by atoms with Gasteiger partial charge in [0, 0.05) is 25.4 Å². The summed E-state index contributed by atoms with van der Waals surface area (Å²) < 4.78 is 40.3. The Morgan fingerprint density at radius 2 is 1.58 bits per heavy atom. The quantitative estimate of drug-likeness (QED) is 0.0677. The molecule has 2 heterocycles. The molecule has 45 heavy (non-hydrogen) atoms. The molecule has 1 aliphatic heterocycles. The van der Waals surface area contributed by atoms with Crippen LogP contribution in [0.15, 0.2) is 27.9 Å². The number of nitrogens with one attached hydrogen (secondary N) is 2. The van der Waals surface area contributed by atoms with E-state index in [0.717, 1.165) is 19.3 Å². The van der Waals surface area contributed by atoms with Crippen LogP contribution in [-0.2, 0) is 27.8 Å². The number of hydrogen-bond donors (Lipinski definition) is 3. The minimum atomic E-state index is -4.54. The third kappa shape index (κ3) is 16.7. The van der Waals surface area contributed by atoms with Crippen molar-refractivity contribution in [1.82, 2.24) is 14.9 Å². The van der Waals surface area contributed by atoms with Crippen molar-refractivity contribution in [3.63, 3.8) is 0 Å². The van der Waals surface area contributed by atoms with Crippen LogP contribution < -0.4 is 16.6 Å². The summed E-state index contributed by atoms with van der Waals surface area (Å²) >= 11 is 0. The number of amides is 1. The van der Waals surface area contributed by atoms with Crippen molar-refractivity contribution in [1.29, 1.82) is 0 Å². The standard InChI is InChI=1S/C31H54N3O10P/c1-4-5-6-7-8-9-10-11-12-13-14-15-16-17-20-40-22-27(44-31(37)32-3)24-42-45(38,39)41-23-26-18-19-28(43-26)34-21-25(2)29(35)33-30(34)36/h18-19,21,26-28H,4-17,20,22-24H2,1-3H3,(H,32,37)(H,38,39)(H,33,35,36)/t26-,27-,28+/m0/s1. The van der Waals surface area contributed by atoms with E-state index in [9.17, 15) is 23.8 Å². The highest BCUT2D eigenvalue weighted by Gasteiger charge is 2.29. The minimum absolute atomic E-state index is 0.00461. The van der Waals surface area contributed by atoms with Gasteiger partial charge in [0.05, 0.1) is 19.8 Å². The van der Waals surface area contributed by atoms with Gasteiger partial charge in [0.2, 0.25) is 0 Å². The first-order valence-electron chi connectivity index (χ1n) is 16.4. The number of ether oxygens (including phenoxy) is 3. The number of phosphoric acid groups is 1. The van der Waals surface area contributed by atoms with Crippen molar-refractivity contribution < 1.29 is 37.5 Å². The average molecular weight is 660 g/mol. The molecule has 3 N–H and O–H groups in total. The summed E-state index contributed by atoms with van der Waals surface area (Å²) in [6, 6.07) is 0. The molecule has 1 amide bonds. The van der Waals surface area contributed by atoms with E-state index in [4.69, 9.17) is 23.3 Å². The molecule has 14 heteroatoms. The molecule has 2 rings (SSSR count). The summed E-state index contributed by atoms with van der Waals surface area (Å²) in [7, 11) is -3.14. The molecule has 1 aromatic rings. The Balaban J connectivity index is 1.59. The van der Waals surface area contributed by atoms with Crippen molar-refractivity contribution in [2.45, 2.75) is 122 Å². The normalized spacial score (nSPS) is 18.1. The molecule has 1 aliphatic rings. The second kappa shape index (κ2) is 22.3. The van der Waals surface area contributed by atoms with Gasteiger partial charge >= 0.3 is 19.6 Å². The molecule has 4 atom stereocenters. The molecule has 0 bridgehead atoms. The number of aryl methyl sites for hydroxylation is 1. The highest BCUT2D eigenvalue weighted by atomic mass is 31.2. The number of alkyl carbamates (subject to hydrolysis) is 1. The highest BCUT2D eigenvalue weighted by molar-refractivity contribution is 7.47. The molecule has 1 unspecified atom stereocenters. The Morgan fingerprint density at radius 1 is 0.978 bits per heavy atom. The lowest BCUT2D eigenvalue weighted by atomic mass is 10.0. The molecule has 0 fully saturated rings. The van der Waals surface area contributed by atoms with Crippen molar-refractivity contribution in [3.05, 3.63) is 44.8 Å². The number of phosphoric ester groups is 1. The van der Waals surface area contributed by atoms with Crippen LogP contribution in [0.1, 0.15) is 109 Å². The summed E-state index contributed by atoms with van der Waals surface area (Å²) in [5.41, 5.74) is -0.807. The van der Waals surface area contributed by atoms with Crippen molar-refractivity contribution in [3.8, 4) is 0 Å². The fraction of sp³-hybridized carbons (Fsp3) is 0.774. The number of hydrogen-bond acceptors (Lipinski definition) is 9. The van der Waals surface area contributed by atoms with Crippen LogP contribution in [0.25, 0.3) is 0 Å². The van der Waals surface area contributed by atoms with E-state index in [-0.39, 0.29) is 13.2 Å². The summed E-state index contributed by atoms with van der Waals surface area (Å²) in [6.07, 6.45) is 18.9. The van der Waals surface area contributed by atoms with Crippen LogP contribution in [0.3, 0.4) is 0 Å². The van der Waals surface area contributed by atoms with Gasteiger partial charge in [-0.25, -0.2) is 14.2 Å². The van der Waals surface area contributed by atoms with Crippen LogP contribution in [0.4, 0.5) is 4.79 Å². The fourth-order valence-electron chi connectivity index (χ4n) is 4.84. The zero-order valence-corrected chi connectivity index (χ0v) is 28.1. The van der Waals surface area contributed by atoms with E-state index in [1.165, 1.54) is 88.4 Å². The third-order valence-corrected chi connectivity index (χ3v) is 8.42. The summed E-state index contributed by atoms with van der Waals surface area (Å²) in [4.78, 5) is 47.8. The molecular formula is C31H54N3O10P. The second-order valence-electron chi connectivity index (χ2n) is 11.4. The predicted octanol–water partition coefficient (Wildman–Crippen LogP) is 5.65. The highest BCUT2D eigenvalue weighted by Crippen LogP contribution is 2.44. The van der Waals surface area contributed by atoms with Gasteiger partial charge in [-0.2, -0.15) is 0 Å². The molecule has 0 aromatic carbocycles. The summed E-state index contributed by atoms with van der Waals surface area (Å²) in [5.74, 6) is 0. The van der Waals surface area contributed by atoms with E-state index in [1.807, 2.05) is 0 Å². The first-order valence-corrected chi connectivity index (χ1v) is 17.9. The number of nitrogens with zero attached hydrogens (tertiary/aromatic N) is 1. The summed E-state index contributed by atoms with van der Waals surface area (Å²) in [6.45, 7) is 3.51. The average Bonchev–Trinajstić information content (AvgIpc) is 3.49. The smallest absolute Gasteiger partial charge is 0.441 e. The van der Waals surface area contributed by atoms with Crippen LogP contribution >= 0.6 is 7.82 Å². The van der Waals surface area contributed by atoms with E-state index in [2.05, 4.69) is 17.2 Å². The first-order chi connectivity index (χ1) is 21.6. The van der Waals surface area contributed by atoms with Gasteiger partial charge < -0.3 is 24.4 Å². The maximum atomic E-state index is 12.5. The number of carbonyl (C=O) groups excluding carboxylic acids is 1. The van der Waals surface area contributed by atoms with Crippen LogP contribution in [-0.4, -0.2) is 66.2 Å². The van der Waals surface area contributed by atoms with Gasteiger partial charge in [0.1, 0.15) is 6.10 Å². The van der Waals surface area contributed by atoms with Gasteiger partial charge in [-0.15, -0.1) is 0 Å². The van der Waals surface area contributed by atoms with E-state index in [0.29, 0.717) is 12.2 Å². The van der Waals surface area contributed by atoms with Gasteiger partial charge in [-0.1, -0.05) is 96.5 Å². The summed E-state index contributed by atoms with van der Waals surface area (Å²) in [5, 5.41) is 2.34. The van der Waals surface area contributed by atoms with Crippen molar-refractivity contribution in [2.24, 2.45) is 0 Å². The minimum Gasteiger partial charge on any atom is -0.441 e. The van der Waals surface area contributed by atoms with Gasteiger partial charge in [-0.05, 0) is 19.4 Å². The second-order valence-corrected chi connectivity index (χ2v) is 12.9. The lowest BCUT2D eigenvalue weighted by molar-refractivity contribution is -0.0236. The Kier molecular flexibility index (Phi) is 19.3. The maximum absolute atomic E-state index is 12.5. The molecule has 0 spiro atoms. The Labute approximate surface area is 266 Å². The van der Waals surface area contributed by atoms with E-state index < -0.39 is 50.2 Å². The van der Waals surface area contributed by atoms with E-state index in [1.54, 1.807) is 19.1 Å². The number of unbranched alkanes of at least 4 members (excludes halogenated alkanes) is 13. The van der Waals surface area contributed by atoms with E-state index >= 15 is 0 Å². The van der Waals surface area contributed by atoms with Gasteiger partial charge in [-0.3, -0.25) is 23.4 Å². The van der Waals surface area contributed by atoms with Crippen LogP contribution in [0, 0.1) is 6.92 Å². The zero-order chi connectivity index (χ0) is 32.9. The zero-order valence-electron chi connectivity index (χ0n) is 27.2. The van der Waals surface area contributed by atoms with Gasteiger partial charge in [0.25, 0.3) is 5.56 Å². The molecule has 0 radical (unpaired) electrons. The Morgan fingerprint density at radius 3 is 2.18 bits per heavy atom. The molecular weight excluding hydrogens is 605 g/mol. The monoisotopic (exact) mass is 659 g/mol. The largest absolute Gasteiger partial charge is 0.472 e. The molecule has 0 saturated heterocycles. The van der Waals surface area contributed by atoms with Crippen LogP contribution in [0.2, 0.25) is 0 Å². The SMILES string of the molecule is CCCCCCCCCCCCCCCCOC[C@@H](COP(=O)(O)OC[C@@H]1C=C[C@H](n2cc(C)c(=O)[nH]c2=O)O1)OC(=O)NC. The lowest BCUT2D eigenvalue weighted by Crippen LogP contribution is -2.33. The fourth-order valence-corrected chi connectivity index (χ4v) is 5.60. The topological polar surface area (TPSA) is 167 Å². The Bertz CT molecular complexity index is 1170. The van der Waals surface area contributed by atoms with Crippen LogP contribution in [0.5, 0.6) is 0 Å². The Hall–Kier alpha value is -2.28. The number of carbonyl (C=O) groups is 1. The molecule has 258 valence electrons. The first kappa shape index (κ1) is 38.9. The molecule has 0 saturated carbocycles. The number of rotatable bonds is 25.